The Bertz CT molecular complexity index is 1140. The summed E-state index contributed by atoms with van der Waals surface area (Å²) in [6.45, 7) is 2.62. The summed E-state index contributed by atoms with van der Waals surface area (Å²) in [6, 6.07) is 17.5. The third kappa shape index (κ3) is 7.33. The van der Waals surface area contributed by atoms with Crippen molar-refractivity contribution in [2.45, 2.75) is 13.5 Å². The van der Waals surface area contributed by atoms with Gasteiger partial charge in [-0.25, -0.2) is 9.82 Å². The number of amides is 2. The van der Waals surface area contributed by atoms with Gasteiger partial charge in [0.2, 0.25) is 0 Å². The smallest absolute Gasteiger partial charge is 0.329 e. The van der Waals surface area contributed by atoms with Gasteiger partial charge in [0.05, 0.1) is 12.8 Å². The van der Waals surface area contributed by atoms with Gasteiger partial charge in [0.1, 0.15) is 12.4 Å². The number of nitrogens with one attached hydrogen (secondary N) is 2. The van der Waals surface area contributed by atoms with Crippen LogP contribution in [0.5, 0.6) is 11.5 Å². The number of hydrogen-bond donors (Lipinski definition) is 2. The fraction of sp³-hybridized carbons (Fsp3) is 0.125. The normalized spacial score (nSPS) is 10.6. The number of anilines is 1. The molecular weight excluding hydrogens is 449 g/mol. The van der Waals surface area contributed by atoms with E-state index >= 15 is 0 Å². The second-order valence-electron chi connectivity index (χ2n) is 6.71. The highest BCUT2D eigenvalue weighted by molar-refractivity contribution is 6.39. The van der Waals surface area contributed by atoms with Crippen LogP contribution in [0.2, 0.25) is 5.02 Å². The lowest BCUT2D eigenvalue weighted by atomic mass is 10.2. The molecule has 0 fully saturated rings. The Hall–Kier alpha value is -3.91. The molecule has 2 N–H and O–H groups in total. The Morgan fingerprint density at radius 3 is 2.39 bits per heavy atom. The van der Waals surface area contributed by atoms with Crippen LogP contribution in [0.1, 0.15) is 18.1 Å². The third-order valence-corrected chi connectivity index (χ3v) is 4.52. The number of rotatable bonds is 8. The van der Waals surface area contributed by atoms with Crippen molar-refractivity contribution in [1.82, 2.24) is 5.43 Å². The van der Waals surface area contributed by atoms with E-state index in [2.05, 4.69) is 15.8 Å². The van der Waals surface area contributed by atoms with Crippen LogP contribution in [-0.4, -0.2) is 24.6 Å². The molecule has 0 bridgehead atoms. The van der Waals surface area contributed by atoms with Gasteiger partial charge in [0.15, 0.2) is 11.5 Å². The zero-order chi connectivity index (χ0) is 23.6. The number of carbonyl (C=O) groups is 2. The van der Waals surface area contributed by atoms with Crippen molar-refractivity contribution >= 4 is 35.3 Å². The second-order valence-corrected chi connectivity index (χ2v) is 7.15. The SMILES string of the molecule is CCOc1cc(/C=N/NC(=O)C(=O)Nc2ccc(F)cc2)ccc1OCc1ccc(Cl)cc1. The molecule has 170 valence electrons. The first-order valence-corrected chi connectivity index (χ1v) is 10.4. The van der Waals surface area contributed by atoms with Crippen LogP contribution in [0.15, 0.2) is 71.8 Å². The molecule has 0 aliphatic rings. The van der Waals surface area contributed by atoms with Gasteiger partial charge in [-0.2, -0.15) is 5.10 Å². The van der Waals surface area contributed by atoms with Gasteiger partial charge in [-0.15, -0.1) is 0 Å². The summed E-state index contributed by atoms with van der Waals surface area (Å²) in [5.74, 6) is -1.29. The Morgan fingerprint density at radius 1 is 0.970 bits per heavy atom. The minimum absolute atomic E-state index is 0.288. The Labute approximate surface area is 195 Å². The molecule has 2 amide bonds. The van der Waals surface area contributed by atoms with Crippen LogP contribution < -0.4 is 20.2 Å². The maximum Gasteiger partial charge on any atom is 0.329 e. The van der Waals surface area contributed by atoms with Crippen LogP contribution in [-0.2, 0) is 16.2 Å². The van der Waals surface area contributed by atoms with Crippen LogP contribution in [0.3, 0.4) is 0 Å². The molecule has 0 aromatic heterocycles. The largest absolute Gasteiger partial charge is 0.490 e. The van der Waals surface area contributed by atoms with Gasteiger partial charge in [-0.3, -0.25) is 9.59 Å². The predicted octanol–water partition coefficient (Wildman–Crippen LogP) is 4.55. The molecule has 0 radical (unpaired) electrons. The predicted molar refractivity (Wildman–Crippen MR) is 124 cm³/mol. The lowest BCUT2D eigenvalue weighted by Gasteiger charge is -2.12. The number of ether oxygens (including phenoxy) is 2. The lowest BCUT2D eigenvalue weighted by Crippen LogP contribution is -2.32. The standard InChI is InChI=1S/C24H21ClFN3O4/c1-2-32-22-13-17(5-12-21(22)33-15-16-3-6-18(25)7-4-16)14-27-29-24(31)23(30)28-20-10-8-19(26)9-11-20/h3-14H,2,15H2,1H3,(H,28,30)(H,29,31)/b27-14+. The summed E-state index contributed by atoms with van der Waals surface area (Å²) in [4.78, 5) is 23.8. The maximum absolute atomic E-state index is 12.9. The first kappa shape index (κ1) is 23.7. The summed E-state index contributed by atoms with van der Waals surface area (Å²) in [5.41, 5.74) is 4.00. The van der Waals surface area contributed by atoms with E-state index in [0.29, 0.717) is 35.3 Å². The number of hydrogen-bond acceptors (Lipinski definition) is 5. The topological polar surface area (TPSA) is 89.0 Å². The molecular formula is C24H21ClFN3O4. The highest BCUT2D eigenvalue weighted by Crippen LogP contribution is 2.29. The fourth-order valence-electron chi connectivity index (χ4n) is 2.67. The van der Waals surface area contributed by atoms with Crippen molar-refractivity contribution < 1.29 is 23.5 Å². The Balaban J connectivity index is 1.58. The van der Waals surface area contributed by atoms with Crippen LogP contribution in [0.25, 0.3) is 0 Å². The molecule has 3 aromatic rings. The fourth-order valence-corrected chi connectivity index (χ4v) is 2.80. The molecule has 0 heterocycles. The number of benzene rings is 3. The average Bonchev–Trinajstić information content (AvgIpc) is 2.81. The van der Waals surface area contributed by atoms with Gasteiger partial charge in [-0.05, 0) is 72.6 Å². The maximum atomic E-state index is 12.9. The molecule has 0 saturated carbocycles. The third-order valence-electron chi connectivity index (χ3n) is 4.26. The first-order chi connectivity index (χ1) is 15.9. The van der Waals surface area contributed by atoms with Crippen molar-refractivity contribution in [2.75, 3.05) is 11.9 Å². The van der Waals surface area contributed by atoms with E-state index in [4.69, 9.17) is 21.1 Å². The van der Waals surface area contributed by atoms with E-state index in [0.717, 1.165) is 5.56 Å². The van der Waals surface area contributed by atoms with Gasteiger partial charge in [0, 0.05) is 10.7 Å². The lowest BCUT2D eigenvalue weighted by molar-refractivity contribution is -0.136. The molecule has 3 rings (SSSR count). The molecule has 0 aliphatic heterocycles. The molecule has 0 spiro atoms. The highest BCUT2D eigenvalue weighted by Gasteiger charge is 2.13. The second kappa shape index (κ2) is 11.6. The minimum atomic E-state index is -0.969. The minimum Gasteiger partial charge on any atom is -0.490 e. The van der Waals surface area contributed by atoms with Gasteiger partial charge in [-0.1, -0.05) is 23.7 Å². The monoisotopic (exact) mass is 469 g/mol. The van der Waals surface area contributed by atoms with Crippen LogP contribution in [0.4, 0.5) is 10.1 Å². The zero-order valence-corrected chi connectivity index (χ0v) is 18.4. The van der Waals surface area contributed by atoms with Crippen LogP contribution >= 0.6 is 11.6 Å². The number of halogens is 2. The van der Waals surface area contributed by atoms with E-state index < -0.39 is 17.6 Å². The quantitative estimate of drug-likeness (QED) is 0.288. The summed E-state index contributed by atoms with van der Waals surface area (Å²) in [6.07, 6.45) is 1.37. The molecule has 0 atom stereocenters. The molecule has 7 nitrogen and oxygen atoms in total. The molecule has 9 heteroatoms. The molecule has 3 aromatic carbocycles. The highest BCUT2D eigenvalue weighted by atomic mass is 35.5. The van der Waals surface area contributed by atoms with E-state index in [1.165, 1.54) is 30.5 Å². The van der Waals surface area contributed by atoms with E-state index in [1.807, 2.05) is 19.1 Å². The summed E-state index contributed by atoms with van der Waals surface area (Å²) in [5, 5.41) is 6.79. The van der Waals surface area contributed by atoms with Crippen molar-refractivity contribution in [3.8, 4) is 11.5 Å². The number of nitrogens with zero attached hydrogens (tertiary/aromatic N) is 1. The van der Waals surface area contributed by atoms with E-state index in [1.54, 1.807) is 30.3 Å². The van der Waals surface area contributed by atoms with E-state index in [9.17, 15) is 14.0 Å². The van der Waals surface area contributed by atoms with Gasteiger partial charge >= 0.3 is 11.8 Å². The summed E-state index contributed by atoms with van der Waals surface area (Å²) < 4.78 is 24.4. The van der Waals surface area contributed by atoms with Crippen molar-refractivity contribution in [3.63, 3.8) is 0 Å². The Kier molecular flexibility index (Phi) is 8.37. The van der Waals surface area contributed by atoms with Gasteiger partial charge in [0.25, 0.3) is 0 Å². The van der Waals surface area contributed by atoms with Crippen molar-refractivity contribution in [1.29, 1.82) is 0 Å². The molecule has 33 heavy (non-hydrogen) atoms. The van der Waals surface area contributed by atoms with Crippen molar-refractivity contribution in [2.24, 2.45) is 5.10 Å². The number of carbonyl (C=O) groups excluding carboxylic acids is 2. The van der Waals surface area contributed by atoms with Crippen LogP contribution in [0, 0.1) is 5.82 Å². The average molecular weight is 470 g/mol. The summed E-state index contributed by atoms with van der Waals surface area (Å²) in [7, 11) is 0. The summed E-state index contributed by atoms with van der Waals surface area (Å²) >= 11 is 5.90. The van der Waals surface area contributed by atoms with Crippen molar-refractivity contribution in [3.05, 3.63) is 88.7 Å². The molecule has 0 saturated heterocycles. The number of hydrazone groups is 1. The first-order valence-electron chi connectivity index (χ1n) is 9.98. The van der Waals surface area contributed by atoms with Gasteiger partial charge < -0.3 is 14.8 Å². The zero-order valence-electron chi connectivity index (χ0n) is 17.7. The Morgan fingerprint density at radius 2 is 1.70 bits per heavy atom. The molecule has 0 unspecified atom stereocenters. The van der Waals surface area contributed by atoms with E-state index in [-0.39, 0.29) is 5.69 Å². The molecule has 0 aliphatic carbocycles.